The highest BCUT2D eigenvalue weighted by atomic mass is 16.5. The highest BCUT2D eigenvalue weighted by Gasteiger charge is 2.08. The minimum absolute atomic E-state index is 0.321. The molecule has 0 amide bonds. The third kappa shape index (κ3) is 7.05. The lowest BCUT2D eigenvalue weighted by Crippen LogP contribution is -2.16. The first-order chi connectivity index (χ1) is 10.2. The summed E-state index contributed by atoms with van der Waals surface area (Å²) in [6.07, 6.45) is 0.767. The van der Waals surface area contributed by atoms with Gasteiger partial charge >= 0.3 is 6.01 Å². The molecule has 0 aromatic carbocycles. The molecule has 120 valence electrons. The first-order valence-electron chi connectivity index (χ1n) is 7.04. The first kappa shape index (κ1) is 17.4. The Hall–Kier alpha value is -1.67. The molecule has 8 heteroatoms. The molecular formula is C13H25N5O3. The van der Waals surface area contributed by atoms with Crippen LogP contribution in [0.3, 0.4) is 0 Å². The molecule has 0 saturated heterocycles. The number of aromatic nitrogens is 3. The summed E-state index contributed by atoms with van der Waals surface area (Å²) in [6.45, 7) is 5.04. The van der Waals surface area contributed by atoms with Crippen LogP contribution in [-0.2, 0) is 9.47 Å². The van der Waals surface area contributed by atoms with E-state index in [1.54, 1.807) is 7.11 Å². The van der Waals surface area contributed by atoms with E-state index >= 15 is 0 Å². The monoisotopic (exact) mass is 299 g/mol. The summed E-state index contributed by atoms with van der Waals surface area (Å²) < 4.78 is 15.8. The van der Waals surface area contributed by atoms with E-state index in [-0.39, 0.29) is 0 Å². The highest BCUT2D eigenvalue weighted by molar-refractivity contribution is 5.36. The van der Waals surface area contributed by atoms with Gasteiger partial charge < -0.3 is 24.4 Å². The second-order valence-corrected chi connectivity index (χ2v) is 4.47. The molecule has 0 bridgehead atoms. The molecule has 0 aliphatic heterocycles. The molecule has 21 heavy (non-hydrogen) atoms. The van der Waals surface area contributed by atoms with Crippen LogP contribution in [0.5, 0.6) is 6.01 Å². The summed E-state index contributed by atoms with van der Waals surface area (Å²) >= 11 is 0. The molecule has 0 saturated carbocycles. The Kier molecular flexibility index (Phi) is 8.37. The zero-order valence-electron chi connectivity index (χ0n) is 13.3. The molecule has 1 heterocycles. The van der Waals surface area contributed by atoms with Crippen LogP contribution in [0.15, 0.2) is 0 Å². The maximum atomic E-state index is 5.55. The van der Waals surface area contributed by atoms with E-state index in [0.717, 1.165) is 13.0 Å². The highest BCUT2D eigenvalue weighted by Crippen LogP contribution is 2.13. The van der Waals surface area contributed by atoms with E-state index in [1.807, 2.05) is 25.9 Å². The third-order valence-electron chi connectivity index (χ3n) is 2.43. The Labute approximate surface area is 125 Å². The number of ether oxygens (including phenoxy) is 3. The zero-order chi connectivity index (χ0) is 15.5. The van der Waals surface area contributed by atoms with Crippen molar-refractivity contribution in [3.05, 3.63) is 0 Å². The molecule has 1 aromatic rings. The molecule has 0 fully saturated rings. The van der Waals surface area contributed by atoms with Gasteiger partial charge in [0.1, 0.15) is 0 Å². The van der Waals surface area contributed by atoms with Gasteiger partial charge in [0.25, 0.3) is 0 Å². The average Bonchev–Trinajstić information content (AvgIpc) is 2.46. The Balaban J connectivity index is 2.42. The Morgan fingerprint density at radius 3 is 2.52 bits per heavy atom. The van der Waals surface area contributed by atoms with Gasteiger partial charge in [0, 0.05) is 40.8 Å². The van der Waals surface area contributed by atoms with E-state index in [1.165, 1.54) is 0 Å². The summed E-state index contributed by atoms with van der Waals surface area (Å²) in [5.41, 5.74) is 0. The van der Waals surface area contributed by atoms with Crippen molar-refractivity contribution >= 4 is 11.9 Å². The quantitative estimate of drug-likeness (QED) is 0.601. The lowest BCUT2D eigenvalue weighted by Gasteiger charge is -2.13. The summed E-state index contributed by atoms with van der Waals surface area (Å²) in [5, 5.41) is 3.06. The third-order valence-corrected chi connectivity index (χ3v) is 2.43. The number of nitrogens with zero attached hydrogens (tertiary/aromatic N) is 4. The number of anilines is 2. The maximum Gasteiger partial charge on any atom is 0.323 e. The summed E-state index contributed by atoms with van der Waals surface area (Å²) in [4.78, 5) is 14.5. The molecule has 1 aromatic heterocycles. The van der Waals surface area contributed by atoms with Gasteiger partial charge in [-0.15, -0.1) is 0 Å². The lowest BCUT2D eigenvalue weighted by atomic mass is 10.5. The number of methoxy groups -OCH3 is 1. The van der Waals surface area contributed by atoms with Crippen LogP contribution < -0.4 is 15.0 Å². The van der Waals surface area contributed by atoms with Crippen LogP contribution in [0.25, 0.3) is 0 Å². The molecule has 0 aliphatic rings. The Morgan fingerprint density at radius 2 is 1.86 bits per heavy atom. The van der Waals surface area contributed by atoms with Gasteiger partial charge in [-0.2, -0.15) is 15.0 Å². The molecule has 0 atom stereocenters. The molecule has 8 nitrogen and oxygen atoms in total. The van der Waals surface area contributed by atoms with E-state index in [0.29, 0.717) is 44.3 Å². The molecule has 1 rings (SSSR count). The normalized spacial score (nSPS) is 10.5. The van der Waals surface area contributed by atoms with Crippen LogP contribution in [-0.4, -0.2) is 69.1 Å². The predicted molar refractivity (Wildman–Crippen MR) is 81.1 cm³/mol. The molecule has 0 aliphatic carbocycles. The molecular weight excluding hydrogens is 274 g/mol. The largest absolute Gasteiger partial charge is 0.463 e. The standard InChI is InChI=1S/C13H25N5O3/c1-5-14-11-15-12(18(2)3)17-13(16-11)21-8-6-7-20-10-9-19-4/h5-10H2,1-4H3,(H,14,15,16,17). The summed E-state index contributed by atoms with van der Waals surface area (Å²) in [5.74, 6) is 1.08. The van der Waals surface area contributed by atoms with Crippen LogP contribution in [0.4, 0.5) is 11.9 Å². The van der Waals surface area contributed by atoms with Crippen LogP contribution >= 0.6 is 0 Å². The summed E-state index contributed by atoms with van der Waals surface area (Å²) in [7, 11) is 5.40. The van der Waals surface area contributed by atoms with E-state index in [4.69, 9.17) is 14.2 Å². The van der Waals surface area contributed by atoms with Crippen molar-refractivity contribution in [1.82, 2.24) is 15.0 Å². The van der Waals surface area contributed by atoms with Gasteiger partial charge in [0.2, 0.25) is 11.9 Å². The fraction of sp³-hybridized carbons (Fsp3) is 0.769. The van der Waals surface area contributed by atoms with Gasteiger partial charge in [-0.25, -0.2) is 0 Å². The molecule has 0 unspecified atom stereocenters. The zero-order valence-corrected chi connectivity index (χ0v) is 13.3. The second-order valence-electron chi connectivity index (χ2n) is 4.47. The minimum atomic E-state index is 0.321. The van der Waals surface area contributed by atoms with E-state index in [9.17, 15) is 0 Å². The topological polar surface area (TPSA) is 81.6 Å². The van der Waals surface area contributed by atoms with E-state index < -0.39 is 0 Å². The van der Waals surface area contributed by atoms with Gasteiger partial charge in [0.15, 0.2) is 0 Å². The number of hydrogen-bond donors (Lipinski definition) is 1. The molecule has 1 N–H and O–H groups in total. The van der Waals surface area contributed by atoms with Gasteiger partial charge in [-0.05, 0) is 6.92 Å². The smallest absolute Gasteiger partial charge is 0.323 e. The van der Waals surface area contributed by atoms with E-state index in [2.05, 4.69) is 20.3 Å². The fourth-order valence-corrected chi connectivity index (χ4v) is 1.42. The van der Waals surface area contributed by atoms with Gasteiger partial charge in [-0.1, -0.05) is 0 Å². The van der Waals surface area contributed by atoms with Crippen molar-refractivity contribution in [3.63, 3.8) is 0 Å². The molecule has 0 spiro atoms. The summed E-state index contributed by atoms with van der Waals surface area (Å²) in [6, 6.07) is 0.321. The second kappa shape index (κ2) is 10.1. The molecule has 0 radical (unpaired) electrons. The Morgan fingerprint density at radius 1 is 1.05 bits per heavy atom. The van der Waals surface area contributed by atoms with Crippen LogP contribution in [0.2, 0.25) is 0 Å². The lowest BCUT2D eigenvalue weighted by molar-refractivity contribution is 0.0639. The van der Waals surface area contributed by atoms with Crippen molar-refractivity contribution < 1.29 is 14.2 Å². The van der Waals surface area contributed by atoms with Crippen LogP contribution in [0.1, 0.15) is 13.3 Å². The number of rotatable bonds is 11. The van der Waals surface area contributed by atoms with Crippen molar-refractivity contribution in [3.8, 4) is 6.01 Å². The fourth-order valence-electron chi connectivity index (χ4n) is 1.42. The first-order valence-corrected chi connectivity index (χ1v) is 7.04. The number of hydrogen-bond acceptors (Lipinski definition) is 8. The van der Waals surface area contributed by atoms with Crippen molar-refractivity contribution in [2.75, 3.05) is 64.4 Å². The van der Waals surface area contributed by atoms with Crippen molar-refractivity contribution in [2.24, 2.45) is 0 Å². The Bertz CT molecular complexity index is 403. The minimum Gasteiger partial charge on any atom is -0.463 e. The van der Waals surface area contributed by atoms with Gasteiger partial charge in [-0.3, -0.25) is 0 Å². The van der Waals surface area contributed by atoms with Crippen molar-refractivity contribution in [1.29, 1.82) is 0 Å². The SMILES string of the molecule is CCNc1nc(OCCCOCCOC)nc(N(C)C)n1. The van der Waals surface area contributed by atoms with Crippen LogP contribution in [0, 0.1) is 0 Å². The van der Waals surface area contributed by atoms with Crippen molar-refractivity contribution in [2.45, 2.75) is 13.3 Å². The maximum absolute atomic E-state index is 5.55. The average molecular weight is 299 g/mol. The predicted octanol–water partition coefficient (Wildman–Crippen LogP) is 0.801. The van der Waals surface area contributed by atoms with Gasteiger partial charge in [0.05, 0.1) is 19.8 Å². The number of nitrogens with one attached hydrogen (secondary N) is 1.